The van der Waals surface area contributed by atoms with Gasteiger partial charge in [0.2, 0.25) is 0 Å². The van der Waals surface area contributed by atoms with Gasteiger partial charge in [-0.3, -0.25) is 0 Å². The lowest BCUT2D eigenvalue weighted by Crippen LogP contribution is -2.65. The normalized spacial score (nSPS) is 29.4. The number of carbonyl (C=O) groups is 1. The lowest BCUT2D eigenvalue weighted by molar-refractivity contribution is -0.224. The number of anilines is 2. The van der Waals surface area contributed by atoms with E-state index in [-0.39, 0.29) is 10.1 Å². The molecule has 0 amide bonds. The lowest BCUT2D eigenvalue weighted by atomic mass is 9.98. The number of sulfonamides is 1. The quantitative estimate of drug-likeness (QED) is 0.350. The van der Waals surface area contributed by atoms with Gasteiger partial charge in [0.1, 0.15) is 24.1 Å². The number of benzene rings is 1. The van der Waals surface area contributed by atoms with E-state index in [1.165, 1.54) is 6.92 Å². The molecule has 12 nitrogen and oxygen atoms in total. The summed E-state index contributed by atoms with van der Waals surface area (Å²) in [5.74, 6) is -2.33. The van der Waals surface area contributed by atoms with E-state index in [4.69, 9.17) is 20.5 Å². The second-order valence-corrected chi connectivity index (χ2v) is 7.85. The Bertz CT molecular complexity index is 1180. The van der Waals surface area contributed by atoms with Crippen LogP contribution in [-0.2, 0) is 19.6 Å². The van der Waals surface area contributed by atoms with E-state index in [0.717, 1.165) is 6.07 Å². The zero-order chi connectivity index (χ0) is 25.0. The molecule has 1 aliphatic heterocycles. The fraction of sp³-hybridized carbons (Fsp3) is 0.375. The molecule has 1 saturated heterocycles. The van der Waals surface area contributed by atoms with Gasteiger partial charge in [0.15, 0.2) is 18.1 Å². The van der Waals surface area contributed by atoms with Gasteiger partial charge in [0, 0.05) is 11.8 Å². The number of carboxylic acids is 1. The second-order valence-electron chi connectivity index (χ2n) is 6.10. The van der Waals surface area contributed by atoms with E-state index in [0.29, 0.717) is 0 Å². The van der Waals surface area contributed by atoms with Crippen LogP contribution >= 0.6 is 0 Å². The van der Waals surface area contributed by atoms with Crippen LogP contribution in [0.25, 0.3) is 0 Å². The molecule has 6 N–H and O–H groups in total. The molecular weight excluding hydrogens is 410 g/mol. The Labute approximate surface area is 170 Å². The number of carboxylic acid groups (broad SMARTS) is 1. The zero-order valence-electron chi connectivity index (χ0n) is 18.7. The number of aliphatic carboxylic acids is 1. The van der Waals surface area contributed by atoms with Crippen LogP contribution in [-0.4, -0.2) is 70.6 Å². The van der Waals surface area contributed by atoms with Gasteiger partial charge in [-0.2, -0.15) is 0 Å². The maximum absolute atomic E-state index is 13.6. The van der Waals surface area contributed by atoms with Crippen molar-refractivity contribution in [2.75, 3.05) is 10.0 Å². The Balaban J connectivity index is 2.29. The lowest BCUT2D eigenvalue weighted by Gasteiger charge is -2.42. The molecule has 5 atom stereocenters. The van der Waals surface area contributed by atoms with Gasteiger partial charge in [0.05, 0.1) is 10.4 Å². The molecule has 0 bridgehead atoms. The Morgan fingerprint density at radius 2 is 1.83 bits per heavy atom. The molecule has 29 heavy (non-hydrogen) atoms. The summed E-state index contributed by atoms with van der Waals surface area (Å²) in [4.78, 5) is 10.3. The minimum atomic E-state index is -5.22. The summed E-state index contributed by atoms with van der Waals surface area (Å²) in [5, 5.41) is 43.3. The van der Waals surface area contributed by atoms with Gasteiger partial charge in [0.25, 0.3) is 10.0 Å². The van der Waals surface area contributed by atoms with Crippen molar-refractivity contribution in [1.29, 1.82) is 0 Å². The van der Waals surface area contributed by atoms with Crippen LogP contribution in [0.3, 0.4) is 0 Å². The van der Waals surface area contributed by atoms with Crippen molar-refractivity contribution < 1.29 is 48.4 Å². The summed E-state index contributed by atoms with van der Waals surface area (Å²) >= 11 is 0. The predicted octanol–water partition coefficient (Wildman–Crippen LogP) is -1.35. The Kier molecular flexibility index (Phi) is 4.23. The minimum absolute atomic E-state index is 0.0581. The van der Waals surface area contributed by atoms with Crippen LogP contribution in [0.1, 0.15) is 11.2 Å². The second kappa shape index (κ2) is 7.61. The first kappa shape index (κ1) is 16.1. The number of hydrogen-bond donors (Lipinski definition) is 5. The smallest absolute Gasteiger partial charge is 0.335 e. The van der Waals surface area contributed by atoms with Gasteiger partial charge < -0.3 is 35.4 Å². The van der Waals surface area contributed by atoms with Gasteiger partial charge in [-0.25, -0.2) is 17.5 Å². The third-order valence-electron chi connectivity index (χ3n) is 4.04. The van der Waals surface area contributed by atoms with E-state index >= 15 is 0 Å². The predicted molar refractivity (Wildman–Crippen MR) is 96.1 cm³/mol. The molecule has 3 rings (SSSR count). The summed E-state index contributed by atoms with van der Waals surface area (Å²) in [5.41, 5.74) is 4.88. The van der Waals surface area contributed by atoms with Crippen molar-refractivity contribution in [3.63, 3.8) is 0 Å². The van der Waals surface area contributed by atoms with E-state index in [1.807, 2.05) is 0 Å². The van der Waals surface area contributed by atoms with Gasteiger partial charge >= 0.3 is 5.97 Å². The van der Waals surface area contributed by atoms with E-state index < -0.39 is 87.2 Å². The fourth-order valence-electron chi connectivity index (χ4n) is 2.64. The number of nitrogens with zero attached hydrogens (tertiary/aromatic N) is 2. The van der Waals surface area contributed by atoms with E-state index in [1.54, 1.807) is 0 Å². The summed E-state index contributed by atoms with van der Waals surface area (Å²) in [6.07, 6.45) is -11.0. The van der Waals surface area contributed by atoms with Crippen LogP contribution in [0.2, 0.25) is 0 Å². The highest BCUT2D eigenvalue weighted by atomic mass is 32.2. The SMILES string of the molecule is [2H]c1c([2H])c(S(=O)(=O)N(c2cc(C)on2)C2OC(C(=O)O)C(O)C(O)C2O)c([2H])c([2H])c1N. The molecular formula is C16H19N3O9S. The molecule has 0 spiro atoms. The molecule has 158 valence electrons. The highest BCUT2D eigenvalue weighted by molar-refractivity contribution is 7.92. The molecule has 1 aliphatic rings. The van der Waals surface area contributed by atoms with E-state index in [2.05, 4.69) is 5.16 Å². The number of aliphatic hydroxyl groups excluding tert-OH is 3. The number of nitrogen functional groups attached to an aromatic ring is 1. The number of rotatable bonds is 5. The monoisotopic (exact) mass is 433 g/mol. The molecule has 1 fully saturated rings. The average Bonchev–Trinajstić information content (AvgIpc) is 3.16. The maximum atomic E-state index is 13.6. The van der Waals surface area contributed by atoms with Crippen molar-refractivity contribution in [3.8, 4) is 0 Å². The Hall–Kier alpha value is -2.71. The van der Waals surface area contributed by atoms with Gasteiger partial charge in [-0.1, -0.05) is 5.16 Å². The molecule has 1 aromatic carbocycles. The molecule has 2 aromatic rings. The van der Waals surface area contributed by atoms with Crippen LogP contribution < -0.4 is 10.0 Å². The Morgan fingerprint density at radius 1 is 1.21 bits per heavy atom. The van der Waals surface area contributed by atoms with Crippen LogP contribution in [0.15, 0.2) is 39.7 Å². The van der Waals surface area contributed by atoms with Crippen molar-refractivity contribution in [3.05, 3.63) is 36.0 Å². The van der Waals surface area contributed by atoms with Crippen molar-refractivity contribution in [2.24, 2.45) is 0 Å². The number of aryl methyl sites for hydroxylation is 1. The van der Waals surface area contributed by atoms with Gasteiger partial charge in [-0.05, 0) is 31.1 Å². The summed E-state index contributed by atoms with van der Waals surface area (Å²) in [6.45, 7) is 1.37. The molecule has 0 aliphatic carbocycles. The van der Waals surface area contributed by atoms with Gasteiger partial charge in [-0.15, -0.1) is 0 Å². The third-order valence-corrected chi connectivity index (χ3v) is 5.68. The third kappa shape index (κ3) is 3.77. The van der Waals surface area contributed by atoms with E-state index in [9.17, 15) is 33.6 Å². The maximum Gasteiger partial charge on any atom is 0.335 e. The molecule has 0 radical (unpaired) electrons. The molecule has 1 aromatic heterocycles. The highest BCUT2D eigenvalue weighted by Gasteiger charge is 2.52. The Morgan fingerprint density at radius 3 is 2.34 bits per heavy atom. The minimum Gasteiger partial charge on any atom is -0.479 e. The van der Waals surface area contributed by atoms with Crippen LogP contribution in [0.4, 0.5) is 11.5 Å². The largest absolute Gasteiger partial charge is 0.479 e. The zero-order valence-corrected chi connectivity index (χ0v) is 15.5. The summed E-state index contributed by atoms with van der Waals surface area (Å²) in [6, 6.07) is -2.81. The first-order chi connectivity index (χ1) is 15.2. The number of ether oxygens (including phenoxy) is 1. The van der Waals surface area contributed by atoms with Crippen molar-refractivity contribution in [1.82, 2.24) is 5.16 Å². The number of aliphatic hydroxyl groups is 3. The van der Waals surface area contributed by atoms with Crippen molar-refractivity contribution in [2.45, 2.75) is 42.5 Å². The first-order valence-electron chi connectivity index (χ1n) is 9.97. The summed E-state index contributed by atoms with van der Waals surface area (Å²) < 4.78 is 69.0. The molecule has 2 heterocycles. The van der Waals surface area contributed by atoms with Crippen LogP contribution in [0, 0.1) is 6.92 Å². The van der Waals surface area contributed by atoms with Crippen molar-refractivity contribution >= 4 is 27.5 Å². The molecule has 5 unspecified atom stereocenters. The topological polar surface area (TPSA) is 197 Å². The average molecular weight is 433 g/mol. The van der Waals surface area contributed by atoms with Crippen LogP contribution in [0.5, 0.6) is 0 Å². The first-order valence-corrected chi connectivity index (χ1v) is 9.41. The standard InChI is InChI=1S/C16H19N3O9S/c1-7-6-10(18-28-7)19(29(25,26)9-4-2-8(17)3-5-9)15-13(22)11(20)12(21)14(27-15)16(23)24/h2-6,11-15,20-22H,17H2,1H3,(H,23,24)/i2D,3D,4D,5D. The summed E-state index contributed by atoms with van der Waals surface area (Å²) in [7, 11) is -5.22. The highest BCUT2D eigenvalue weighted by Crippen LogP contribution is 2.32. The fourth-order valence-corrected chi connectivity index (χ4v) is 3.98. The molecule has 13 heteroatoms. The number of nitrogens with two attached hydrogens (primary N) is 1. The number of aromatic nitrogens is 1. The molecule has 0 saturated carbocycles. The number of hydrogen-bond acceptors (Lipinski definition) is 10.